The smallest absolute Gasteiger partial charge is 0.306 e. The van der Waals surface area contributed by atoms with Crippen molar-refractivity contribution in [2.24, 2.45) is 5.73 Å². The number of carbonyl (C=O) groups is 1. The lowest BCUT2D eigenvalue weighted by Crippen LogP contribution is -2.49. The number of hydrogen-bond acceptors (Lipinski definition) is 5. The lowest BCUT2D eigenvalue weighted by atomic mass is 10.1. The summed E-state index contributed by atoms with van der Waals surface area (Å²) in [6.45, 7) is 4.28. The van der Waals surface area contributed by atoms with Crippen LogP contribution < -0.4 is 11.1 Å². The van der Waals surface area contributed by atoms with E-state index in [0.717, 1.165) is 6.20 Å². The Morgan fingerprint density at radius 2 is 2.26 bits per heavy atom. The van der Waals surface area contributed by atoms with E-state index in [1.54, 1.807) is 0 Å². The lowest BCUT2D eigenvalue weighted by molar-refractivity contribution is -0.385. The molecule has 0 saturated carbocycles. The topological polar surface area (TPSA) is 116 Å². The van der Waals surface area contributed by atoms with Crippen molar-refractivity contribution in [3.63, 3.8) is 0 Å². The highest BCUT2D eigenvalue weighted by atomic mass is 35.5. The maximum Gasteiger partial charge on any atom is 0.306 e. The van der Waals surface area contributed by atoms with E-state index in [0.29, 0.717) is 13.1 Å². The minimum absolute atomic E-state index is 0. The Bertz CT molecular complexity index is 446. The van der Waals surface area contributed by atoms with E-state index in [4.69, 9.17) is 5.73 Å². The summed E-state index contributed by atoms with van der Waals surface area (Å²) in [5.41, 5.74) is 4.95. The Hall–Kier alpha value is -1.67. The molecule has 19 heavy (non-hydrogen) atoms. The van der Waals surface area contributed by atoms with E-state index < -0.39 is 10.5 Å². The first-order valence-corrected chi connectivity index (χ1v) is 5.52. The van der Waals surface area contributed by atoms with Crippen LogP contribution in [0.25, 0.3) is 0 Å². The van der Waals surface area contributed by atoms with E-state index in [1.807, 2.05) is 13.8 Å². The van der Waals surface area contributed by atoms with Gasteiger partial charge in [0.1, 0.15) is 12.4 Å². The van der Waals surface area contributed by atoms with Crippen molar-refractivity contribution in [1.82, 2.24) is 15.1 Å². The second-order valence-corrected chi connectivity index (χ2v) is 4.60. The quantitative estimate of drug-likeness (QED) is 0.583. The number of aromatic nitrogens is 2. The monoisotopic (exact) mass is 291 g/mol. The van der Waals surface area contributed by atoms with Gasteiger partial charge in [-0.25, -0.2) is 0 Å². The van der Waals surface area contributed by atoms with Gasteiger partial charge < -0.3 is 11.1 Å². The summed E-state index contributed by atoms with van der Waals surface area (Å²) in [6, 6.07) is 0. The average Bonchev–Trinajstić information content (AvgIpc) is 2.74. The molecule has 0 aliphatic heterocycles. The minimum Gasteiger partial charge on any atom is -0.350 e. The van der Waals surface area contributed by atoms with Gasteiger partial charge in [0.15, 0.2) is 0 Å². The molecule has 3 N–H and O–H groups in total. The first-order chi connectivity index (χ1) is 8.34. The van der Waals surface area contributed by atoms with Crippen LogP contribution in [0.5, 0.6) is 0 Å². The largest absolute Gasteiger partial charge is 0.350 e. The van der Waals surface area contributed by atoms with Crippen molar-refractivity contribution in [3.8, 4) is 0 Å². The van der Waals surface area contributed by atoms with Crippen LogP contribution in [0.1, 0.15) is 20.3 Å². The highest BCUT2D eigenvalue weighted by molar-refractivity contribution is 5.85. The van der Waals surface area contributed by atoms with E-state index in [2.05, 4.69) is 10.4 Å². The van der Waals surface area contributed by atoms with Crippen LogP contribution in [0.15, 0.2) is 12.4 Å². The molecule has 0 fully saturated rings. The molecular weight excluding hydrogens is 274 g/mol. The summed E-state index contributed by atoms with van der Waals surface area (Å²) < 4.78 is 1.37. The third-order valence-corrected chi connectivity index (χ3v) is 2.39. The molecule has 0 atom stereocenters. The number of hydrogen-bond donors (Lipinski definition) is 2. The van der Waals surface area contributed by atoms with E-state index in [-0.39, 0.29) is 30.4 Å². The van der Waals surface area contributed by atoms with Crippen LogP contribution in [-0.4, -0.2) is 32.7 Å². The molecule has 0 saturated heterocycles. The van der Waals surface area contributed by atoms with Crippen molar-refractivity contribution in [3.05, 3.63) is 22.5 Å². The number of rotatable bonds is 6. The zero-order valence-corrected chi connectivity index (χ0v) is 11.6. The highest BCUT2D eigenvalue weighted by Crippen LogP contribution is 2.08. The predicted octanol–water partition coefficient (Wildman–Crippen LogP) is 0.457. The predicted molar refractivity (Wildman–Crippen MR) is 72.0 cm³/mol. The number of nitrogens with one attached hydrogen (secondary N) is 1. The maximum absolute atomic E-state index is 11.6. The van der Waals surface area contributed by atoms with Gasteiger partial charge >= 0.3 is 5.69 Å². The Morgan fingerprint density at radius 3 is 2.74 bits per heavy atom. The molecule has 0 aliphatic carbocycles. The maximum atomic E-state index is 11.6. The third kappa shape index (κ3) is 5.66. The summed E-state index contributed by atoms with van der Waals surface area (Å²) in [4.78, 5) is 21.5. The molecule has 0 unspecified atom stereocenters. The second kappa shape index (κ2) is 7.05. The van der Waals surface area contributed by atoms with Gasteiger partial charge in [-0.2, -0.15) is 5.10 Å². The Labute approximate surface area is 116 Å². The first kappa shape index (κ1) is 17.3. The normalized spacial score (nSPS) is 10.7. The Balaban J connectivity index is 0.00000324. The van der Waals surface area contributed by atoms with Gasteiger partial charge in [-0.1, -0.05) is 0 Å². The molecule has 0 aliphatic rings. The molecule has 0 radical (unpaired) electrons. The molecule has 1 rings (SSSR count). The third-order valence-electron chi connectivity index (χ3n) is 2.39. The van der Waals surface area contributed by atoms with E-state index in [1.165, 1.54) is 10.9 Å². The Morgan fingerprint density at radius 1 is 1.63 bits per heavy atom. The van der Waals surface area contributed by atoms with Gasteiger partial charge in [-0.15, -0.1) is 12.4 Å². The SMILES string of the molecule is CC(C)(CN)NC(=O)CCn1cc([N+](=O)[O-])cn1.Cl. The van der Waals surface area contributed by atoms with Crippen molar-refractivity contribution in [2.45, 2.75) is 32.4 Å². The summed E-state index contributed by atoms with van der Waals surface area (Å²) in [7, 11) is 0. The summed E-state index contributed by atoms with van der Waals surface area (Å²) >= 11 is 0. The minimum atomic E-state index is -0.527. The van der Waals surface area contributed by atoms with Crippen molar-refractivity contribution in [1.29, 1.82) is 0 Å². The van der Waals surface area contributed by atoms with Crippen LogP contribution >= 0.6 is 12.4 Å². The molecule has 8 nitrogen and oxygen atoms in total. The lowest BCUT2D eigenvalue weighted by Gasteiger charge is -2.24. The summed E-state index contributed by atoms with van der Waals surface area (Å²) in [6.07, 6.45) is 2.64. The number of nitro groups is 1. The molecule has 1 heterocycles. The fourth-order valence-electron chi connectivity index (χ4n) is 1.28. The van der Waals surface area contributed by atoms with Gasteiger partial charge in [0.05, 0.1) is 4.92 Å². The summed E-state index contributed by atoms with van der Waals surface area (Å²) in [5, 5.41) is 17.0. The second-order valence-electron chi connectivity index (χ2n) is 4.60. The van der Waals surface area contributed by atoms with Gasteiger partial charge in [0.2, 0.25) is 5.91 Å². The van der Waals surface area contributed by atoms with Crippen LogP contribution in [-0.2, 0) is 11.3 Å². The summed E-state index contributed by atoms with van der Waals surface area (Å²) in [5.74, 6) is -0.163. The van der Waals surface area contributed by atoms with Crippen molar-refractivity contribution < 1.29 is 9.72 Å². The number of nitrogens with two attached hydrogens (primary N) is 1. The molecule has 1 aromatic rings. The molecule has 1 amide bonds. The van der Waals surface area contributed by atoms with Gasteiger partial charge in [0.25, 0.3) is 0 Å². The average molecular weight is 292 g/mol. The fourth-order valence-corrected chi connectivity index (χ4v) is 1.28. The first-order valence-electron chi connectivity index (χ1n) is 5.52. The van der Waals surface area contributed by atoms with Gasteiger partial charge in [-0.05, 0) is 13.8 Å². The number of aryl methyl sites for hydroxylation is 1. The number of carbonyl (C=O) groups excluding carboxylic acids is 1. The molecule has 108 valence electrons. The Kier molecular flexibility index (Phi) is 6.43. The van der Waals surface area contributed by atoms with Crippen molar-refractivity contribution >= 4 is 24.0 Å². The van der Waals surface area contributed by atoms with E-state index in [9.17, 15) is 14.9 Å². The number of halogens is 1. The van der Waals surface area contributed by atoms with Crippen LogP contribution in [0.4, 0.5) is 5.69 Å². The zero-order chi connectivity index (χ0) is 13.8. The molecular formula is C10H18ClN5O3. The van der Waals surface area contributed by atoms with E-state index >= 15 is 0 Å². The molecule has 0 aromatic carbocycles. The molecule has 0 spiro atoms. The van der Waals surface area contributed by atoms with Crippen molar-refractivity contribution in [2.75, 3.05) is 6.54 Å². The molecule has 0 bridgehead atoms. The molecule has 9 heteroatoms. The fraction of sp³-hybridized carbons (Fsp3) is 0.600. The highest BCUT2D eigenvalue weighted by Gasteiger charge is 2.18. The standard InChI is InChI=1S/C10H17N5O3.ClH/c1-10(2,7-11)13-9(16)3-4-14-6-8(5-12-14)15(17)18;/h5-6H,3-4,7,11H2,1-2H3,(H,13,16);1H. The number of nitrogens with zero attached hydrogens (tertiary/aromatic N) is 3. The van der Waals surface area contributed by atoms with Crippen LogP contribution in [0, 0.1) is 10.1 Å². The number of amides is 1. The van der Waals surface area contributed by atoms with Crippen LogP contribution in [0.2, 0.25) is 0 Å². The van der Waals surface area contributed by atoms with Crippen LogP contribution in [0.3, 0.4) is 0 Å². The molecule has 1 aromatic heterocycles. The van der Waals surface area contributed by atoms with Gasteiger partial charge in [-0.3, -0.25) is 19.6 Å². The zero-order valence-electron chi connectivity index (χ0n) is 10.8. The van der Waals surface area contributed by atoms with Gasteiger partial charge in [0, 0.05) is 25.0 Å².